The smallest absolute Gasteiger partial charge is 0.331 e. The normalized spacial score (nSPS) is 29.9. The molecule has 0 aliphatic heterocycles. The van der Waals surface area contributed by atoms with Crippen LogP contribution in [0.5, 0.6) is 0 Å². The summed E-state index contributed by atoms with van der Waals surface area (Å²) in [6.45, 7) is 7.20. The number of hydrogen-bond donors (Lipinski definition) is 2. The Kier molecular flexibility index (Phi) is 2.03. The molecule has 1 rings (SSSR count). The van der Waals surface area contributed by atoms with E-state index in [-0.39, 0.29) is 0 Å². The molecule has 0 fully saturated rings. The van der Waals surface area contributed by atoms with Gasteiger partial charge in [-0.2, -0.15) is 0 Å². The number of aliphatic hydroxyl groups is 1. The summed E-state index contributed by atoms with van der Waals surface area (Å²) in [5, 5.41) is 18.8. The summed E-state index contributed by atoms with van der Waals surface area (Å²) >= 11 is 0. The van der Waals surface area contributed by atoms with Crippen LogP contribution in [0.1, 0.15) is 27.7 Å². The van der Waals surface area contributed by atoms with E-state index in [4.69, 9.17) is 5.11 Å². The van der Waals surface area contributed by atoms with Gasteiger partial charge in [-0.3, -0.25) is 0 Å². The molecular formula is C10H16O3. The molecule has 0 spiro atoms. The molecule has 74 valence electrons. The standard InChI is InChI=1S/C10H16O3/c1-9(2)5-6(7(11)12)10(3,4)8(9)13/h5,8,13H,1-4H3,(H,11,12)/t8-/m0/s1. The third-order valence-electron chi connectivity index (χ3n) is 2.83. The second-order valence-electron chi connectivity index (χ2n) is 4.81. The van der Waals surface area contributed by atoms with Crippen LogP contribution in [0, 0.1) is 10.8 Å². The molecular weight excluding hydrogens is 168 g/mol. The van der Waals surface area contributed by atoms with Gasteiger partial charge in [-0.15, -0.1) is 0 Å². The molecule has 0 amide bonds. The van der Waals surface area contributed by atoms with Gasteiger partial charge in [-0.1, -0.05) is 33.8 Å². The van der Waals surface area contributed by atoms with Crippen molar-refractivity contribution in [3.63, 3.8) is 0 Å². The van der Waals surface area contributed by atoms with Gasteiger partial charge in [0.2, 0.25) is 0 Å². The summed E-state index contributed by atoms with van der Waals surface area (Å²) in [6.07, 6.45) is 1.02. The zero-order chi connectivity index (χ0) is 10.4. The Morgan fingerprint density at radius 1 is 1.38 bits per heavy atom. The van der Waals surface area contributed by atoms with E-state index in [1.54, 1.807) is 19.9 Å². The highest BCUT2D eigenvalue weighted by atomic mass is 16.4. The molecule has 0 bridgehead atoms. The lowest BCUT2D eigenvalue weighted by atomic mass is 9.77. The number of carboxylic acid groups (broad SMARTS) is 1. The molecule has 1 atom stereocenters. The van der Waals surface area contributed by atoms with E-state index in [1.807, 2.05) is 13.8 Å². The highest BCUT2D eigenvalue weighted by Gasteiger charge is 2.49. The summed E-state index contributed by atoms with van der Waals surface area (Å²) in [7, 11) is 0. The van der Waals surface area contributed by atoms with Crippen molar-refractivity contribution in [1.29, 1.82) is 0 Å². The molecule has 0 saturated heterocycles. The number of hydrogen-bond acceptors (Lipinski definition) is 2. The van der Waals surface area contributed by atoms with Crippen molar-refractivity contribution in [3.8, 4) is 0 Å². The Labute approximate surface area is 78.1 Å². The van der Waals surface area contributed by atoms with E-state index in [9.17, 15) is 9.90 Å². The fourth-order valence-corrected chi connectivity index (χ4v) is 2.05. The van der Waals surface area contributed by atoms with E-state index < -0.39 is 22.9 Å². The predicted molar refractivity (Wildman–Crippen MR) is 49.3 cm³/mol. The fraction of sp³-hybridized carbons (Fsp3) is 0.700. The Morgan fingerprint density at radius 2 is 1.85 bits per heavy atom. The van der Waals surface area contributed by atoms with Gasteiger partial charge >= 0.3 is 5.97 Å². The van der Waals surface area contributed by atoms with Crippen molar-refractivity contribution in [2.24, 2.45) is 10.8 Å². The summed E-state index contributed by atoms with van der Waals surface area (Å²) in [5.41, 5.74) is -0.794. The van der Waals surface area contributed by atoms with Gasteiger partial charge in [0.25, 0.3) is 0 Å². The minimum Gasteiger partial charge on any atom is -0.478 e. The molecule has 2 N–H and O–H groups in total. The number of aliphatic hydroxyl groups excluding tert-OH is 1. The average Bonchev–Trinajstić information content (AvgIpc) is 2.11. The predicted octanol–water partition coefficient (Wildman–Crippen LogP) is 1.42. The first-order valence-electron chi connectivity index (χ1n) is 4.34. The number of rotatable bonds is 1. The van der Waals surface area contributed by atoms with Gasteiger partial charge in [0.05, 0.1) is 6.10 Å². The topological polar surface area (TPSA) is 57.5 Å². The summed E-state index contributed by atoms with van der Waals surface area (Å²) < 4.78 is 0. The second-order valence-corrected chi connectivity index (χ2v) is 4.81. The Bertz CT molecular complexity index is 274. The molecule has 0 saturated carbocycles. The molecule has 3 heteroatoms. The van der Waals surface area contributed by atoms with Gasteiger partial charge in [-0.05, 0) is 0 Å². The number of carboxylic acids is 1. The third-order valence-corrected chi connectivity index (χ3v) is 2.83. The Morgan fingerprint density at radius 3 is 2.00 bits per heavy atom. The van der Waals surface area contributed by atoms with Crippen LogP contribution in [0.3, 0.4) is 0 Å². The highest BCUT2D eigenvalue weighted by Crippen LogP contribution is 2.47. The van der Waals surface area contributed by atoms with E-state index in [0.29, 0.717) is 5.57 Å². The summed E-state index contributed by atoms with van der Waals surface area (Å²) in [4.78, 5) is 10.9. The average molecular weight is 184 g/mol. The minimum absolute atomic E-state index is 0.310. The number of carbonyl (C=O) groups is 1. The third kappa shape index (κ3) is 1.37. The van der Waals surface area contributed by atoms with Gasteiger partial charge in [0.15, 0.2) is 0 Å². The SMILES string of the molecule is CC1(C)C=C(C(=O)O)C(C)(C)[C@H]1O. The molecule has 0 unspecified atom stereocenters. The first-order valence-corrected chi connectivity index (χ1v) is 4.34. The molecule has 1 aliphatic carbocycles. The molecule has 0 heterocycles. The van der Waals surface area contributed by atoms with Gasteiger partial charge < -0.3 is 10.2 Å². The minimum atomic E-state index is -0.936. The van der Waals surface area contributed by atoms with Crippen LogP contribution in [0.15, 0.2) is 11.6 Å². The molecule has 0 radical (unpaired) electrons. The van der Waals surface area contributed by atoms with Crippen LogP contribution in [0.2, 0.25) is 0 Å². The van der Waals surface area contributed by atoms with Gasteiger partial charge in [0.1, 0.15) is 0 Å². The monoisotopic (exact) mass is 184 g/mol. The highest BCUT2D eigenvalue weighted by molar-refractivity contribution is 5.89. The van der Waals surface area contributed by atoms with Crippen LogP contribution < -0.4 is 0 Å². The lowest BCUT2D eigenvalue weighted by molar-refractivity contribution is -0.134. The Hall–Kier alpha value is -0.830. The quantitative estimate of drug-likeness (QED) is 0.648. The maximum Gasteiger partial charge on any atom is 0.331 e. The van der Waals surface area contributed by atoms with Crippen molar-refractivity contribution >= 4 is 5.97 Å². The van der Waals surface area contributed by atoms with Crippen LogP contribution in [0.4, 0.5) is 0 Å². The van der Waals surface area contributed by atoms with Crippen LogP contribution in [0.25, 0.3) is 0 Å². The first kappa shape index (κ1) is 10.3. The zero-order valence-corrected chi connectivity index (χ0v) is 8.46. The molecule has 13 heavy (non-hydrogen) atoms. The van der Waals surface area contributed by atoms with Crippen molar-refractivity contribution in [2.45, 2.75) is 33.8 Å². The van der Waals surface area contributed by atoms with Crippen molar-refractivity contribution < 1.29 is 15.0 Å². The Balaban J connectivity index is 3.17. The van der Waals surface area contributed by atoms with Crippen molar-refractivity contribution in [3.05, 3.63) is 11.6 Å². The van der Waals surface area contributed by atoms with Gasteiger partial charge in [0, 0.05) is 16.4 Å². The fourth-order valence-electron chi connectivity index (χ4n) is 2.05. The van der Waals surface area contributed by atoms with Gasteiger partial charge in [-0.25, -0.2) is 4.79 Å². The van der Waals surface area contributed by atoms with E-state index in [0.717, 1.165) is 0 Å². The molecule has 0 aromatic rings. The van der Waals surface area contributed by atoms with Crippen LogP contribution in [-0.4, -0.2) is 22.3 Å². The second kappa shape index (κ2) is 2.58. The summed E-state index contributed by atoms with van der Waals surface area (Å²) in [6, 6.07) is 0. The molecule has 1 aliphatic rings. The van der Waals surface area contributed by atoms with Crippen LogP contribution in [-0.2, 0) is 4.79 Å². The number of aliphatic carboxylic acids is 1. The lowest BCUT2D eigenvalue weighted by Gasteiger charge is -2.31. The van der Waals surface area contributed by atoms with Crippen molar-refractivity contribution in [1.82, 2.24) is 0 Å². The van der Waals surface area contributed by atoms with E-state index in [1.165, 1.54) is 0 Å². The molecule has 3 nitrogen and oxygen atoms in total. The lowest BCUT2D eigenvalue weighted by Crippen LogP contribution is -2.36. The van der Waals surface area contributed by atoms with E-state index in [2.05, 4.69) is 0 Å². The molecule has 0 aromatic carbocycles. The first-order chi connectivity index (χ1) is 5.69. The molecule has 0 aromatic heterocycles. The maximum absolute atomic E-state index is 10.9. The largest absolute Gasteiger partial charge is 0.478 e. The van der Waals surface area contributed by atoms with Crippen molar-refractivity contribution in [2.75, 3.05) is 0 Å². The summed E-state index contributed by atoms with van der Waals surface area (Å²) in [5.74, 6) is -0.936. The van der Waals surface area contributed by atoms with Crippen LogP contribution >= 0.6 is 0 Å². The van der Waals surface area contributed by atoms with E-state index >= 15 is 0 Å². The zero-order valence-electron chi connectivity index (χ0n) is 8.46. The maximum atomic E-state index is 10.9.